The summed E-state index contributed by atoms with van der Waals surface area (Å²) in [5.74, 6) is 0.00222. The van der Waals surface area contributed by atoms with E-state index in [4.69, 9.17) is 14.0 Å². The third kappa shape index (κ3) is 2.87. The van der Waals surface area contributed by atoms with Gasteiger partial charge in [-0.2, -0.15) is 0 Å². The van der Waals surface area contributed by atoms with Crippen molar-refractivity contribution >= 4 is 41.0 Å². The molecule has 2 aliphatic rings. The molecular formula is C24H23BN2O5. The summed E-state index contributed by atoms with van der Waals surface area (Å²) in [5.41, 5.74) is 0.509. The SMILES string of the molecule is COc1cnc(N2C(=O)c3ccccc3C2=O)c2cc(B3OC(C)(C)C(C)(C)O3)ccc12. The van der Waals surface area contributed by atoms with Crippen molar-refractivity contribution in [2.75, 3.05) is 12.0 Å². The van der Waals surface area contributed by atoms with Gasteiger partial charge in [0.05, 0.1) is 35.6 Å². The molecule has 1 saturated heterocycles. The molecule has 2 amide bonds. The molecule has 32 heavy (non-hydrogen) atoms. The maximum absolute atomic E-state index is 13.1. The van der Waals surface area contributed by atoms with Gasteiger partial charge < -0.3 is 14.0 Å². The number of hydrogen-bond donors (Lipinski definition) is 0. The predicted molar refractivity (Wildman–Crippen MR) is 122 cm³/mol. The van der Waals surface area contributed by atoms with Gasteiger partial charge in [0.25, 0.3) is 11.8 Å². The zero-order chi connectivity index (χ0) is 22.8. The quantitative estimate of drug-likeness (QED) is 0.469. The Kier molecular flexibility index (Phi) is 4.45. The maximum Gasteiger partial charge on any atom is 0.494 e. The molecule has 3 heterocycles. The van der Waals surface area contributed by atoms with E-state index >= 15 is 0 Å². The summed E-state index contributed by atoms with van der Waals surface area (Å²) in [4.78, 5) is 31.8. The Hall–Kier alpha value is -3.23. The van der Waals surface area contributed by atoms with Gasteiger partial charge in [0.15, 0.2) is 5.82 Å². The van der Waals surface area contributed by atoms with Gasteiger partial charge in [-0.3, -0.25) is 9.59 Å². The Balaban J connectivity index is 1.66. The highest BCUT2D eigenvalue weighted by Crippen LogP contribution is 2.38. The van der Waals surface area contributed by atoms with Crippen LogP contribution in [0.25, 0.3) is 10.8 Å². The lowest BCUT2D eigenvalue weighted by molar-refractivity contribution is 0.00578. The molecule has 0 N–H and O–H groups in total. The fourth-order valence-electron chi connectivity index (χ4n) is 4.07. The number of anilines is 1. The summed E-state index contributed by atoms with van der Waals surface area (Å²) in [6.07, 6.45) is 1.52. The van der Waals surface area contributed by atoms with Gasteiger partial charge in [-0.05, 0) is 45.3 Å². The third-order valence-electron chi connectivity index (χ3n) is 6.61. The number of aromatic nitrogens is 1. The molecule has 0 atom stereocenters. The van der Waals surface area contributed by atoms with Crippen LogP contribution in [0.3, 0.4) is 0 Å². The highest BCUT2D eigenvalue weighted by molar-refractivity contribution is 6.62. The molecule has 0 radical (unpaired) electrons. The van der Waals surface area contributed by atoms with Gasteiger partial charge in [-0.15, -0.1) is 0 Å². The molecule has 0 bridgehead atoms. The Morgan fingerprint density at radius 3 is 2.06 bits per heavy atom. The molecule has 1 fully saturated rings. The number of methoxy groups -OCH3 is 1. The van der Waals surface area contributed by atoms with Crippen LogP contribution in [0.1, 0.15) is 48.4 Å². The minimum Gasteiger partial charge on any atom is -0.494 e. The van der Waals surface area contributed by atoms with Crippen molar-refractivity contribution in [2.24, 2.45) is 0 Å². The van der Waals surface area contributed by atoms with Crippen LogP contribution in [0.15, 0.2) is 48.7 Å². The van der Waals surface area contributed by atoms with E-state index in [0.717, 1.165) is 15.7 Å². The summed E-state index contributed by atoms with van der Waals surface area (Å²) >= 11 is 0. The van der Waals surface area contributed by atoms with Crippen LogP contribution in [0, 0.1) is 0 Å². The first-order valence-corrected chi connectivity index (χ1v) is 10.4. The fraction of sp³-hybridized carbons (Fsp3) is 0.292. The Morgan fingerprint density at radius 2 is 1.50 bits per heavy atom. The van der Waals surface area contributed by atoms with Crippen molar-refractivity contribution in [1.82, 2.24) is 4.98 Å². The zero-order valence-corrected chi connectivity index (χ0v) is 18.6. The van der Waals surface area contributed by atoms with Crippen molar-refractivity contribution in [3.05, 3.63) is 59.8 Å². The first-order chi connectivity index (χ1) is 15.1. The number of nitrogens with zero attached hydrogens (tertiary/aromatic N) is 2. The second-order valence-electron chi connectivity index (χ2n) is 9.03. The molecule has 5 rings (SSSR count). The molecule has 0 aliphatic carbocycles. The molecule has 2 aromatic carbocycles. The van der Waals surface area contributed by atoms with Gasteiger partial charge in [-0.25, -0.2) is 9.88 Å². The number of rotatable bonds is 3. The van der Waals surface area contributed by atoms with Gasteiger partial charge in [-0.1, -0.05) is 30.3 Å². The monoisotopic (exact) mass is 430 g/mol. The lowest BCUT2D eigenvalue weighted by atomic mass is 9.78. The number of pyridine rings is 1. The summed E-state index contributed by atoms with van der Waals surface area (Å²) in [6.45, 7) is 7.96. The molecule has 162 valence electrons. The largest absolute Gasteiger partial charge is 0.494 e. The van der Waals surface area contributed by atoms with Crippen LogP contribution >= 0.6 is 0 Å². The van der Waals surface area contributed by atoms with E-state index in [2.05, 4.69) is 4.98 Å². The topological polar surface area (TPSA) is 78.0 Å². The van der Waals surface area contributed by atoms with Gasteiger partial charge in [0, 0.05) is 10.8 Å². The minimum absolute atomic E-state index is 0.255. The molecule has 0 spiro atoms. The Bertz CT molecular complexity index is 1240. The van der Waals surface area contributed by atoms with Gasteiger partial charge >= 0.3 is 7.12 Å². The molecular weight excluding hydrogens is 407 g/mol. The molecule has 0 saturated carbocycles. The summed E-state index contributed by atoms with van der Waals surface area (Å²) in [5, 5.41) is 1.33. The van der Waals surface area contributed by atoms with Crippen molar-refractivity contribution < 1.29 is 23.6 Å². The highest BCUT2D eigenvalue weighted by Gasteiger charge is 2.51. The molecule has 1 aromatic heterocycles. The van der Waals surface area contributed by atoms with Crippen molar-refractivity contribution in [2.45, 2.75) is 38.9 Å². The number of imide groups is 1. The van der Waals surface area contributed by atoms with Crippen molar-refractivity contribution in [3.63, 3.8) is 0 Å². The average molecular weight is 430 g/mol. The molecule has 7 nitrogen and oxygen atoms in total. The maximum atomic E-state index is 13.1. The van der Waals surface area contributed by atoms with E-state index in [0.29, 0.717) is 22.3 Å². The predicted octanol–water partition coefficient (Wildman–Crippen LogP) is 3.34. The lowest BCUT2D eigenvalue weighted by Crippen LogP contribution is -2.41. The van der Waals surface area contributed by atoms with Gasteiger partial charge in [0.1, 0.15) is 5.75 Å². The molecule has 0 unspecified atom stereocenters. The minimum atomic E-state index is -0.592. The van der Waals surface area contributed by atoms with Gasteiger partial charge in [0.2, 0.25) is 0 Å². The smallest absolute Gasteiger partial charge is 0.494 e. The normalized spacial score (nSPS) is 19.0. The third-order valence-corrected chi connectivity index (χ3v) is 6.61. The highest BCUT2D eigenvalue weighted by atomic mass is 16.7. The Morgan fingerprint density at radius 1 is 0.906 bits per heavy atom. The van der Waals surface area contributed by atoms with E-state index < -0.39 is 30.1 Å². The first-order valence-electron chi connectivity index (χ1n) is 10.4. The fourth-order valence-corrected chi connectivity index (χ4v) is 4.07. The summed E-state index contributed by atoms with van der Waals surface area (Å²) < 4.78 is 17.9. The number of hydrogen-bond acceptors (Lipinski definition) is 6. The first kappa shape index (κ1) is 20.7. The number of amides is 2. The standard InChI is InChI=1S/C24H23BN2O5/c1-23(2)24(3,4)32-25(31-23)14-10-11-15-18(12-14)20(26-13-19(15)30-5)27-21(28)16-8-6-7-9-17(16)22(27)29/h6-13H,1-5H3. The van der Waals surface area contributed by atoms with Crippen LogP contribution in [0.4, 0.5) is 5.82 Å². The number of ether oxygens (including phenoxy) is 1. The van der Waals surface area contributed by atoms with Crippen molar-refractivity contribution in [1.29, 1.82) is 0 Å². The summed E-state index contributed by atoms with van der Waals surface area (Å²) in [6, 6.07) is 12.4. The van der Waals surface area contributed by atoms with E-state index in [1.165, 1.54) is 6.20 Å². The van der Waals surface area contributed by atoms with Crippen LogP contribution in [-0.2, 0) is 9.31 Å². The second kappa shape index (κ2) is 6.89. The summed E-state index contributed by atoms with van der Waals surface area (Å²) in [7, 11) is 0.964. The Labute approximate surface area is 186 Å². The molecule has 2 aliphatic heterocycles. The van der Waals surface area contributed by atoms with Crippen molar-refractivity contribution in [3.8, 4) is 5.75 Å². The lowest BCUT2D eigenvalue weighted by Gasteiger charge is -2.32. The van der Waals surface area contributed by atoms with E-state index in [-0.39, 0.29) is 5.82 Å². The van der Waals surface area contributed by atoms with Crippen LogP contribution in [0.5, 0.6) is 5.75 Å². The average Bonchev–Trinajstić information content (AvgIpc) is 3.15. The van der Waals surface area contributed by atoms with E-state index in [1.54, 1.807) is 31.4 Å². The number of fused-ring (bicyclic) bond motifs is 2. The van der Waals surface area contributed by atoms with E-state index in [9.17, 15) is 9.59 Å². The molecule has 8 heteroatoms. The number of benzene rings is 2. The van der Waals surface area contributed by atoms with E-state index in [1.807, 2.05) is 45.9 Å². The second-order valence-corrected chi connectivity index (χ2v) is 9.03. The van der Waals surface area contributed by atoms with Crippen LogP contribution in [0.2, 0.25) is 0 Å². The number of carbonyl (C=O) groups excluding carboxylic acids is 2. The number of carbonyl (C=O) groups is 2. The van der Waals surface area contributed by atoms with Crippen LogP contribution in [-0.4, -0.2) is 42.2 Å². The molecule has 3 aromatic rings. The van der Waals surface area contributed by atoms with Crippen LogP contribution < -0.4 is 15.1 Å². The zero-order valence-electron chi connectivity index (χ0n) is 18.6.